The highest BCUT2D eigenvalue weighted by molar-refractivity contribution is 9.10. The van der Waals surface area contributed by atoms with E-state index in [-0.39, 0.29) is 11.7 Å². The molecule has 2 saturated heterocycles. The third-order valence-corrected chi connectivity index (χ3v) is 6.52. The average Bonchev–Trinajstić information content (AvgIpc) is 2.94. The van der Waals surface area contributed by atoms with E-state index in [1.54, 1.807) is 11.8 Å². The summed E-state index contributed by atoms with van der Waals surface area (Å²) in [5.74, 6) is 1.04. The smallest absolute Gasteiger partial charge is 0.0940 e. The van der Waals surface area contributed by atoms with Crippen LogP contribution in [0.15, 0.2) is 33.6 Å². The molecule has 2 fully saturated rings. The highest BCUT2D eigenvalue weighted by Crippen LogP contribution is 2.38. The molecule has 2 heterocycles. The molecule has 0 radical (unpaired) electrons. The molecule has 1 aromatic rings. The van der Waals surface area contributed by atoms with Gasteiger partial charge in [0.05, 0.1) is 18.3 Å². The van der Waals surface area contributed by atoms with Crippen molar-refractivity contribution in [3.63, 3.8) is 0 Å². The minimum absolute atomic E-state index is 0.123. The molecular weight excluding hydrogens is 352 g/mol. The minimum Gasteiger partial charge on any atom is -0.392 e. The summed E-state index contributed by atoms with van der Waals surface area (Å²) < 4.78 is 12.5. The molecule has 0 aromatic heterocycles. The maximum absolute atomic E-state index is 10.5. The Hall–Kier alpha value is -0.0700. The molecule has 1 spiro atoms. The molecule has 0 saturated carbocycles. The number of rotatable bonds is 4. The van der Waals surface area contributed by atoms with E-state index < -0.39 is 0 Å². The van der Waals surface area contributed by atoms with Crippen LogP contribution in [-0.4, -0.2) is 42.4 Å². The molecular formula is C16H21BrO3S. The third-order valence-electron chi connectivity index (χ3n) is 4.39. The Morgan fingerprint density at radius 1 is 1.38 bits per heavy atom. The topological polar surface area (TPSA) is 38.7 Å². The van der Waals surface area contributed by atoms with Gasteiger partial charge in [-0.15, -0.1) is 11.8 Å². The highest BCUT2D eigenvalue weighted by Gasteiger charge is 2.42. The van der Waals surface area contributed by atoms with Gasteiger partial charge in [-0.25, -0.2) is 0 Å². The lowest BCUT2D eigenvalue weighted by atomic mass is 9.82. The van der Waals surface area contributed by atoms with Crippen molar-refractivity contribution < 1.29 is 14.6 Å². The second-order valence-corrected chi connectivity index (χ2v) is 7.81. The van der Waals surface area contributed by atoms with Crippen LogP contribution in [0.3, 0.4) is 0 Å². The van der Waals surface area contributed by atoms with E-state index in [0.717, 1.165) is 42.7 Å². The summed E-state index contributed by atoms with van der Waals surface area (Å²) in [6.45, 7) is 2.22. The number of ether oxygens (including phenoxy) is 2. The van der Waals surface area contributed by atoms with Crippen LogP contribution in [0.4, 0.5) is 0 Å². The minimum atomic E-state index is -0.288. The predicted octanol–water partition coefficient (Wildman–Crippen LogP) is 3.49. The Morgan fingerprint density at radius 3 is 3.00 bits per heavy atom. The first-order valence-electron chi connectivity index (χ1n) is 7.46. The summed E-state index contributed by atoms with van der Waals surface area (Å²) in [6.07, 6.45) is 2.54. The Balaban J connectivity index is 1.55. The average molecular weight is 373 g/mol. The van der Waals surface area contributed by atoms with Gasteiger partial charge in [0, 0.05) is 34.8 Å². The van der Waals surface area contributed by atoms with E-state index in [1.165, 1.54) is 4.90 Å². The number of halogens is 1. The molecule has 116 valence electrons. The molecule has 0 amide bonds. The van der Waals surface area contributed by atoms with Crippen LogP contribution < -0.4 is 0 Å². The number of hydrogen-bond acceptors (Lipinski definition) is 4. The van der Waals surface area contributed by atoms with Gasteiger partial charge in [-0.3, -0.25) is 0 Å². The van der Waals surface area contributed by atoms with Gasteiger partial charge in [-0.05, 0) is 46.8 Å². The first-order chi connectivity index (χ1) is 10.2. The number of hydrogen-bond donors (Lipinski definition) is 1. The van der Waals surface area contributed by atoms with Gasteiger partial charge < -0.3 is 14.6 Å². The molecule has 0 bridgehead atoms. The van der Waals surface area contributed by atoms with Crippen molar-refractivity contribution in [1.82, 2.24) is 0 Å². The lowest BCUT2D eigenvalue weighted by Gasteiger charge is -2.38. The zero-order valence-electron chi connectivity index (χ0n) is 12.0. The molecule has 1 N–H and O–H groups in total. The summed E-state index contributed by atoms with van der Waals surface area (Å²) in [5.41, 5.74) is -0.123. The predicted molar refractivity (Wildman–Crippen MR) is 87.7 cm³/mol. The Morgan fingerprint density at radius 2 is 2.24 bits per heavy atom. The lowest BCUT2D eigenvalue weighted by Crippen LogP contribution is -2.44. The lowest BCUT2D eigenvalue weighted by molar-refractivity contribution is -0.113. The number of aliphatic hydroxyl groups excluding tert-OH is 1. The van der Waals surface area contributed by atoms with Crippen molar-refractivity contribution in [2.24, 2.45) is 5.92 Å². The van der Waals surface area contributed by atoms with E-state index in [0.29, 0.717) is 12.5 Å². The van der Waals surface area contributed by atoms with Crippen molar-refractivity contribution in [3.8, 4) is 0 Å². The normalized spacial score (nSPS) is 30.7. The van der Waals surface area contributed by atoms with Gasteiger partial charge in [0.25, 0.3) is 0 Å². The van der Waals surface area contributed by atoms with E-state index in [4.69, 9.17) is 9.47 Å². The molecule has 3 unspecified atom stereocenters. The Bertz CT molecular complexity index is 476. The molecule has 0 aliphatic carbocycles. The fraction of sp³-hybridized carbons (Fsp3) is 0.625. The maximum atomic E-state index is 10.5. The monoisotopic (exact) mass is 372 g/mol. The number of aliphatic hydroxyl groups is 1. The number of benzene rings is 1. The second kappa shape index (κ2) is 7.01. The standard InChI is InChI=1S/C16H21BrO3S/c17-13-3-1-2-4-15(13)21-10-14(18)12-5-7-20-16(9-12)6-8-19-11-16/h1-4,12,14,18H,5-11H2. The number of thioether (sulfide) groups is 1. The molecule has 1 aromatic carbocycles. The Labute approximate surface area is 138 Å². The van der Waals surface area contributed by atoms with Crippen molar-refractivity contribution in [1.29, 1.82) is 0 Å². The molecule has 2 aliphatic rings. The summed E-state index contributed by atoms with van der Waals surface area (Å²) >= 11 is 5.26. The first kappa shape index (κ1) is 15.8. The van der Waals surface area contributed by atoms with Crippen LogP contribution >= 0.6 is 27.7 Å². The maximum Gasteiger partial charge on any atom is 0.0940 e. The van der Waals surface area contributed by atoms with Crippen LogP contribution in [0.2, 0.25) is 0 Å². The fourth-order valence-corrected chi connectivity index (χ4v) is 4.76. The summed E-state index contributed by atoms with van der Waals surface area (Å²) in [4.78, 5) is 1.18. The zero-order chi connectivity index (χ0) is 14.7. The molecule has 3 atom stereocenters. The summed E-state index contributed by atoms with van der Waals surface area (Å²) in [7, 11) is 0. The van der Waals surface area contributed by atoms with Crippen LogP contribution in [0.1, 0.15) is 19.3 Å². The Kier molecular flexibility index (Phi) is 5.27. The van der Waals surface area contributed by atoms with Gasteiger partial charge in [0.15, 0.2) is 0 Å². The van der Waals surface area contributed by atoms with Gasteiger partial charge >= 0.3 is 0 Å². The van der Waals surface area contributed by atoms with Gasteiger partial charge in [0.2, 0.25) is 0 Å². The van der Waals surface area contributed by atoms with Gasteiger partial charge in [0.1, 0.15) is 0 Å². The van der Waals surface area contributed by atoms with E-state index >= 15 is 0 Å². The van der Waals surface area contributed by atoms with Gasteiger partial charge in [-0.2, -0.15) is 0 Å². The van der Waals surface area contributed by atoms with Crippen LogP contribution in [0.25, 0.3) is 0 Å². The summed E-state index contributed by atoms with van der Waals surface area (Å²) in [5, 5.41) is 10.5. The van der Waals surface area contributed by atoms with E-state index in [1.807, 2.05) is 18.2 Å². The van der Waals surface area contributed by atoms with Crippen molar-refractivity contribution in [2.75, 3.05) is 25.6 Å². The second-order valence-electron chi connectivity index (χ2n) is 5.90. The first-order valence-corrected chi connectivity index (χ1v) is 9.23. The van der Waals surface area contributed by atoms with E-state index in [9.17, 15) is 5.11 Å². The fourth-order valence-electron chi connectivity index (χ4n) is 3.13. The van der Waals surface area contributed by atoms with Crippen molar-refractivity contribution in [2.45, 2.75) is 35.9 Å². The molecule has 2 aliphatic heterocycles. The molecule has 21 heavy (non-hydrogen) atoms. The molecule has 5 heteroatoms. The van der Waals surface area contributed by atoms with Crippen LogP contribution in [0.5, 0.6) is 0 Å². The largest absolute Gasteiger partial charge is 0.392 e. The molecule has 3 rings (SSSR count). The van der Waals surface area contributed by atoms with Crippen molar-refractivity contribution >= 4 is 27.7 Å². The van der Waals surface area contributed by atoms with Crippen LogP contribution in [0, 0.1) is 5.92 Å². The van der Waals surface area contributed by atoms with Gasteiger partial charge in [-0.1, -0.05) is 12.1 Å². The van der Waals surface area contributed by atoms with Crippen LogP contribution in [-0.2, 0) is 9.47 Å². The quantitative estimate of drug-likeness (QED) is 0.821. The van der Waals surface area contributed by atoms with Crippen molar-refractivity contribution in [3.05, 3.63) is 28.7 Å². The zero-order valence-corrected chi connectivity index (χ0v) is 14.4. The third kappa shape index (κ3) is 3.82. The molecule has 3 nitrogen and oxygen atoms in total. The summed E-state index contributed by atoms with van der Waals surface area (Å²) in [6, 6.07) is 8.15. The SMILES string of the molecule is OC(CSc1ccccc1Br)C1CCOC2(CCOC2)C1. The highest BCUT2D eigenvalue weighted by atomic mass is 79.9. The van der Waals surface area contributed by atoms with E-state index in [2.05, 4.69) is 22.0 Å².